The molecule has 0 aliphatic rings. The van der Waals surface area contributed by atoms with Crippen LogP contribution in [0, 0.1) is 0 Å². The molecule has 0 aliphatic heterocycles. The second-order valence-electron chi connectivity index (χ2n) is 5.54. The molecule has 0 spiro atoms. The van der Waals surface area contributed by atoms with E-state index in [2.05, 4.69) is 33.0 Å². The van der Waals surface area contributed by atoms with Crippen LogP contribution in [0.25, 0.3) is 10.2 Å². The molecule has 27 heavy (non-hydrogen) atoms. The Morgan fingerprint density at radius 1 is 1.33 bits per heavy atom. The molecule has 0 saturated heterocycles. The summed E-state index contributed by atoms with van der Waals surface area (Å²) in [5.41, 5.74) is 5.91. The lowest BCUT2D eigenvalue weighted by Gasteiger charge is -2.08. The number of ether oxygens (including phenoxy) is 1. The van der Waals surface area contributed by atoms with E-state index >= 15 is 0 Å². The molecule has 0 bridgehead atoms. The minimum absolute atomic E-state index is 0.508. The number of fused-ring (bicyclic) bond motifs is 1. The highest BCUT2D eigenvalue weighted by Crippen LogP contribution is 2.33. The SMILES string of the molecule is CCNC(=S)NN=Cc1ccc(OC)c(CSc2nc3ccccc3s2)c1. The van der Waals surface area contributed by atoms with Gasteiger partial charge in [0.2, 0.25) is 0 Å². The third kappa shape index (κ3) is 5.41. The molecule has 0 amide bonds. The maximum absolute atomic E-state index is 5.50. The number of nitrogens with one attached hydrogen (secondary N) is 2. The molecule has 5 nitrogen and oxygen atoms in total. The van der Waals surface area contributed by atoms with E-state index in [4.69, 9.17) is 17.0 Å². The standard InChI is InChI=1S/C19H20N4OS3/c1-3-20-18(25)23-21-11-13-8-9-16(24-2)14(10-13)12-26-19-22-15-6-4-5-7-17(15)27-19/h4-11H,3,12H2,1-2H3,(H2,20,23,25). The largest absolute Gasteiger partial charge is 0.496 e. The van der Waals surface area contributed by atoms with Crippen molar-refractivity contribution < 1.29 is 4.74 Å². The van der Waals surface area contributed by atoms with Gasteiger partial charge in [-0.2, -0.15) is 5.10 Å². The van der Waals surface area contributed by atoms with Crippen LogP contribution >= 0.6 is 35.3 Å². The van der Waals surface area contributed by atoms with Crippen molar-refractivity contribution in [2.75, 3.05) is 13.7 Å². The molecule has 2 aromatic carbocycles. The smallest absolute Gasteiger partial charge is 0.186 e. The molecule has 0 aliphatic carbocycles. The third-order valence-electron chi connectivity index (χ3n) is 3.65. The first-order chi connectivity index (χ1) is 13.2. The molecule has 0 saturated carbocycles. The van der Waals surface area contributed by atoms with Gasteiger partial charge in [-0.05, 0) is 55.0 Å². The van der Waals surface area contributed by atoms with E-state index < -0.39 is 0 Å². The number of hydrazone groups is 1. The Bertz CT molecular complexity index is 922. The Morgan fingerprint density at radius 3 is 2.96 bits per heavy atom. The lowest BCUT2D eigenvalue weighted by atomic mass is 10.1. The van der Waals surface area contributed by atoms with Gasteiger partial charge in [0.1, 0.15) is 5.75 Å². The van der Waals surface area contributed by atoms with Gasteiger partial charge in [0.25, 0.3) is 0 Å². The molecule has 1 aromatic heterocycles. The average molecular weight is 417 g/mol. The number of thiocarbonyl (C=S) groups is 1. The van der Waals surface area contributed by atoms with Crippen LogP contribution < -0.4 is 15.5 Å². The summed E-state index contributed by atoms with van der Waals surface area (Å²) in [7, 11) is 1.69. The maximum atomic E-state index is 5.50. The van der Waals surface area contributed by atoms with Gasteiger partial charge in [-0.3, -0.25) is 5.43 Å². The minimum Gasteiger partial charge on any atom is -0.496 e. The summed E-state index contributed by atoms with van der Waals surface area (Å²) in [6.07, 6.45) is 1.74. The van der Waals surface area contributed by atoms with Gasteiger partial charge in [-0.15, -0.1) is 11.3 Å². The molecule has 0 unspecified atom stereocenters. The number of methoxy groups -OCH3 is 1. The number of hydrogen-bond donors (Lipinski definition) is 2. The zero-order valence-electron chi connectivity index (χ0n) is 15.1. The Kier molecular flexibility index (Phi) is 7.03. The first-order valence-corrected chi connectivity index (χ1v) is 10.6. The average Bonchev–Trinajstić information content (AvgIpc) is 3.09. The van der Waals surface area contributed by atoms with Crippen molar-refractivity contribution in [2.24, 2.45) is 5.10 Å². The van der Waals surface area contributed by atoms with Gasteiger partial charge in [0, 0.05) is 17.9 Å². The summed E-state index contributed by atoms with van der Waals surface area (Å²) >= 11 is 8.51. The van der Waals surface area contributed by atoms with E-state index in [1.165, 1.54) is 4.70 Å². The van der Waals surface area contributed by atoms with Crippen LogP contribution in [0.1, 0.15) is 18.1 Å². The number of rotatable bonds is 7. The molecule has 8 heteroatoms. The molecule has 3 rings (SSSR count). The van der Waals surface area contributed by atoms with Crippen molar-refractivity contribution in [1.82, 2.24) is 15.7 Å². The number of aromatic nitrogens is 1. The number of nitrogens with zero attached hydrogens (tertiary/aromatic N) is 2. The number of thiazole rings is 1. The molecule has 0 atom stereocenters. The van der Waals surface area contributed by atoms with Crippen LogP contribution in [0.3, 0.4) is 0 Å². The molecule has 3 aromatic rings. The fourth-order valence-corrected chi connectivity index (χ4v) is 4.65. The van der Waals surface area contributed by atoms with Crippen LogP contribution in [-0.4, -0.2) is 30.0 Å². The summed E-state index contributed by atoms with van der Waals surface area (Å²) in [6.45, 7) is 2.74. The van der Waals surface area contributed by atoms with Gasteiger partial charge >= 0.3 is 0 Å². The normalized spacial score (nSPS) is 11.0. The van der Waals surface area contributed by atoms with Crippen molar-refractivity contribution in [2.45, 2.75) is 17.0 Å². The van der Waals surface area contributed by atoms with E-state index in [0.29, 0.717) is 5.11 Å². The fraction of sp³-hybridized carbons (Fsp3) is 0.211. The van der Waals surface area contributed by atoms with Crippen LogP contribution in [0.5, 0.6) is 5.75 Å². The van der Waals surface area contributed by atoms with Crippen molar-refractivity contribution in [3.05, 3.63) is 53.6 Å². The van der Waals surface area contributed by atoms with Crippen LogP contribution in [0.15, 0.2) is 51.9 Å². The Labute approximate surface area is 172 Å². The van der Waals surface area contributed by atoms with E-state index in [-0.39, 0.29) is 0 Å². The van der Waals surface area contributed by atoms with Crippen LogP contribution in [0.4, 0.5) is 0 Å². The molecule has 0 radical (unpaired) electrons. The van der Waals surface area contributed by atoms with E-state index in [9.17, 15) is 0 Å². The molecule has 140 valence electrons. The van der Waals surface area contributed by atoms with Gasteiger partial charge in [0.15, 0.2) is 9.45 Å². The van der Waals surface area contributed by atoms with Crippen LogP contribution in [-0.2, 0) is 5.75 Å². The second kappa shape index (κ2) is 9.68. The predicted molar refractivity (Wildman–Crippen MR) is 119 cm³/mol. The van der Waals surface area contributed by atoms with Gasteiger partial charge in [-0.25, -0.2) is 4.98 Å². The van der Waals surface area contributed by atoms with Crippen LogP contribution in [0.2, 0.25) is 0 Å². The van der Waals surface area contributed by atoms with Crippen molar-refractivity contribution >= 4 is 56.9 Å². The molecule has 2 N–H and O–H groups in total. The van der Waals surface area contributed by atoms with Crippen molar-refractivity contribution in [3.63, 3.8) is 0 Å². The Morgan fingerprint density at radius 2 is 2.19 bits per heavy atom. The predicted octanol–water partition coefficient (Wildman–Crippen LogP) is 4.42. The number of benzene rings is 2. The summed E-state index contributed by atoms with van der Waals surface area (Å²) in [4.78, 5) is 4.68. The lowest BCUT2D eigenvalue weighted by Crippen LogP contribution is -2.31. The molecular formula is C19H20N4OS3. The second-order valence-corrected chi connectivity index (χ2v) is 8.20. The monoisotopic (exact) mass is 416 g/mol. The van der Waals surface area contributed by atoms with Gasteiger partial charge < -0.3 is 10.1 Å². The van der Waals surface area contributed by atoms with Gasteiger partial charge in [0.05, 0.1) is 23.5 Å². The summed E-state index contributed by atoms with van der Waals surface area (Å²) in [5.74, 6) is 1.63. The molecule has 1 heterocycles. The van der Waals surface area contributed by atoms with Gasteiger partial charge in [-0.1, -0.05) is 23.9 Å². The first kappa shape index (κ1) is 19.6. The fourth-order valence-electron chi connectivity index (χ4n) is 2.41. The maximum Gasteiger partial charge on any atom is 0.186 e. The van der Waals surface area contributed by atoms with Crippen molar-refractivity contribution in [3.8, 4) is 5.75 Å². The quantitative estimate of drug-likeness (QED) is 0.257. The minimum atomic E-state index is 0.508. The van der Waals surface area contributed by atoms with E-state index in [0.717, 1.165) is 39.0 Å². The first-order valence-electron chi connectivity index (χ1n) is 8.41. The third-order valence-corrected chi connectivity index (χ3v) is 6.11. The number of thioether (sulfide) groups is 1. The number of hydrogen-bond acceptors (Lipinski definition) is 6. The zero-order valence-corrected chi connectivity index (χ0v) is 17.5. The van der Waals surface area contributed by atoms with E-state index in [1.54, 1.807) is 36.4 Å². The highest BCUT2D eigenvalue weighted by molar-refractivity contribution is 8.00. The summed E-state index contributed by atoms with van der Waals surface area (Å²) in [6, 6.07) is 14.2. The summed E-state index contributed by atoms with van der Waals surface area (Å²) in [5, 5.41) is 7.66. The molecular weight excluding hydrogens is 396 g/mol. The Balaban J connectivity index is 1.69. The molecule has 0 fully saturated rings. The topological polar surface area (TPSA) is 58.5 Å². The zero-order chi connectivity index (χ0) is 19.1. The summed E-state index contributed by atoms with van der Waals surface area (Å²) < 4.78 is 7.76. The Hall–Kier alpha value is -2.16. The van der Waals surface area contributed by atoms with E-state index in [1.807, 2.05) is 37.3 Å². The lowest BCUT2D eigenvalue weighted by molar-refractivity contribution is 0.411. The number of para-hydroxylation sites is 1. The highest BCUT2D eigenvalue weighted by atomic mass is 32.2. The highest BCUT2D eigenvalue weighted by Gasteiger charge is 2.08. The van der Waals surface area contributed by atoms with Crippen molar-refractivity contribution in [1.29, 1.82) is 0 Å².